The van der Waals surface area contributed by atoms with E-state index < -0.39 is 11.6 Å². The fourth-order valence-corrected chi connectivity index (χ4v) is 4.21. The number of methoxy groups -OCH3 is 1. The van der Waals surface area contributed by atoms with Crippen molar-refractivity contribution >= 4 is 22.8 Å². The van der Waals surface area contributed by atoms with E-state index in [1.807, 2.05) is 69.3 Å². The molecule has 1 heterocycles. The number of para-hydroxylation sites is 2. The Morgan fingerprint density at radius 3 is 2.45 bits per heavy atom. The summed E-state index contributed by atoms with van der Waals surface area (Å²) >= 11 is 0. The molecular weight excluding hydrogens is 482 g/mol. The normalized spacial score (nSPS) is 12.2. The molecule has 0 aliphatic heterocycles. The number of fused-ring (bicyclic) bond motifs is 1. The van der Waals surface area contributed by atoms with Crippen LogP contribution in [0.2, 0.25) is 0 Å². The molecule has 38 heavy (non-hydrogen) atoms. The number of benzene rings is 3. The minimum atomic E-state index is -0.978. The summed E-state index contributed by atoms with van der Waals surface area (Å²) in [6.07, 6.45) is 0.701. The van der Waals surface area contributed by atoms with Gasteiger partial charge in [0.2, 0.25) is 11.8 Å². The molecule has 2 N–H and O–H groups in total. The molecule has 4 aromatic rings. The lowest BCUT2D eigenvalue weighted by molar-refractivity contribution is -0.143. The predicted molar refractivity (Wildman–Crippen MR) is 144 cm³/mol. The van der Waals surface area contributed by atoms with E-state index in [1.165, 1.54) is 21.7 Å². The maximum absolute atomic E-state index is 14.0. The van der Waals surface area contributed by atoms with Crippen LogP contribution in [0.3, 0.4) is 0 Å². The molecule has 0 bridgehead atoms. The summed E-state index contributed by atoms with van der Waals surface area (Å²) in [5.41, 5.74) is 2.22. The van der Waals surface area contributed by atoms with E-state index in [0.717, 1.165) is 11.1 Å². The Hall–Kier alpha value is -4.40. The van der Waals surface area contributed by atoms with Crippen LogP contribution in [0.1, 0.15) is 44.4 Å². The third-order valence-electron chi connectivity index (χ3n) is 6.67. The molecule has 1 aromatic heterocycles. The van der Waals surface area contributed by atoms with Gasteiger partial charge in [-0.05, 0) is 56.2 Å². The van der Waals surface area contributed by atoms with Gasteiger partial charge in [-0.1, -0.05) is 54.6 Å². The number of hydrogen-bond donors (Lipinski definition) is 2. The molecule has 3 aromatic carbocycles. The van der Waals surface area contributed by atoms with Crippen molar-refractivity contribution in [3.63, 3.8) is 0 Å². The van der Waals surface area contributed by atoms with Gasteiger partial charge in [-0.3, -0.25) is 9.59 Å². The lowest BCUT2D eigenvalue weighted by Crippen LogP contribution is -2.50. The van der Waals surface area contributed by atoms with E-state index >= 15 is 0 Å². The first kappa shape index (κ1) is 26.7. The molecule has 0 radical (unpaired) electrons. The number of phenols is 1. The Labute approximate surface area is 222 Å². The van der Waals surface area contributed by atoms with Crippen LogP contribution < -0.4 is 10.1 Å². The van der Waals surface area contributed by atoms with Gasteiger partial charge in [0.25, 0.3) is 0 Å². The van der Waals surface area contributed by atoms with Crippen LogP contribution in [0.15, 0.2) is 72.8 Å². The molecule has 198 valence electrons. The van der Waals surface area contributed by atoms with Crippen LogP contribution in [-0.4, -0.2) is 49.5 Å². The molecule has 0 saturated carbocycles. The van der Waals surface area contributed by atoms with Gasteiger partial charge in [-0.2, -0.15) is 0 Å². The van der Waals surface area contributed by atoms with Crippen molar-refractivity contribution in [3.8, 4) is 11.5 Å². The second kappa shape index (κ2) is 11.3. The van der Waals surface area contributed by atoms with Crippen LogP contribution in [0.25, 0.3) is 11.0 Å². The molecule has 0 fully saturated rings. The fraction of sp³-hybridized carbons (Fsp3) is 0.310. The summed E-state index contributed by atoms with van der Waals surface area (Å²) in [5, 5.41) is 21.3. The van der Waals surface area contributed by atoms with Gasteiger partial charge >= 0.3 is 0 Å². The van der Waals surface area contributed by atoms with Gasteiger partial charge < -0.3 is 20.1 Å². The maximum atomic E-state index is 14.0. The second-order valence-electron chi connectivity index (χ2n) is 9.79. The number of carbonyl (C=O) groups excluding carboxylic acids is 2. The molecule has 9 heteroatoms. The van der Waals surface area contributed by atoms with Crippen molar-refractivity contribution in [2.75, 3.05) is 7.11 Å². The van der Waals surface area contributed by atoms with Crippen LogP contribution in [0, 0.1) is 0 Å². The average molecular weight is 516 g/mol. The standard InChI is InChI=1S/C29H33N5O4/c1-5-29(2,3)30-28(37)27(20-14-16-22(35)17-15-20)33(18-21-10-6-9-13-25(21)38-4)26(36)19-34-24-12-8-7-11-23(24)31-32-34/h6-17,27,35H,5,18-19H2,1-4H3,(H,30,37)/t27-/m1/s1. The van der Waals surface area contributed by atoms with Crippen molar-refractivity contribution in [2.45, 2.75) is 51.9 Å². The third kappa shape index (κ3) is 5.94. The van der Waals surface area contributed by atoms with Crippen molar-refractivity contribution in [2.24, 2.45) is 0 Å². The molecule has 2 amide bonds. The van der Waals surface area contributed by atoms with Gasteiger partial charge in [-0.25, -0.2) is 4.68 Å². The first-order valence-electron chi connectivity index (χ1n) is 12.5. The zero-order valence-corrected chi connectivity index (χ0v) is 22.1. The van der Waals surface area contributed by atoms with E-state index in [4.69, 9.17) is 4.74 Å². The van der Waals surface area contributed by atoms with Gasteiger partial charge in [0.15, 0.2) is 0 Å². The Kier molecular flexibility index (Phi) is 7.95. The summed E-state index contributed by atoms with van der Waals surface area (Å²) in [6.45, 7) is 5.86. The molecule has 4 rings (SSSR count). The minimum Gasteiger partial charge on any atom is -0.508 e. The third-order valence-corrected chi connectivity index (χ3v) is 6.67. The number of aromatic nitrogens is 3. The number of hydrogen-bond acceptors (Lipinski definition) is 6. The molecule has 0 saturated heterocycles. The molecule has 1 atom stereocenters. The van der Waals surface area contributed by atoms with E-state index in [0.29, 0.717) is 23.3 Å². The Balaban J connectivity index is 1.79. The molecule has 0 spiro atoms. The number of phenolic OH excluding ortho intramolecular Hbond substituents is 1. The van der Waals surface area contributed by atoms with E-state index in [2.05, 4.69) is 15.6 Å². The van der Waals surface area contributed by atoms with E-state index in [1.54, 1.807) is 19.2 Å². The quantitative estimate of drug-likeness (QED) is 0.327. The summed E-state index contributed by atoms with van der Waals surface area (Å²) in [5.74, 6) is 0.0251. The molecule has 9 nitrogen and oxygen atoms in total. The van der Waals surface area contributed by atoms with Gasteiger partial charge in [0.05, 0.1) is 19.2 Å². The van der Waals surface area contributed by atoms with Crippen molar-refractivity contribution in [1.82, 2.24) is 25.2 Å². The van der Waals surface area contributed by atoms with Crippen LogP contribution in [-0.2, 0) is 22.7 Å². The van der Waals surface area contributed by atoms with Crippen molar-refractivity contribution < 1.29 is 19.4 Å². The summed E-state index contributed by atoms with van der Waals surface area (Å²) < 4.78 is 7.09. The second-order valence-corrected chi connectivity index (χ2v) is 9.79. The van der Waals surface area contributed by atoms with Crippen molar-refractivity contribution in [1.29, 1.82) is 0 Å². The number of nitrogens with zero attached hydrogens (tertiary/aromatic N) is 4. The molecule has 0 unspecified atom stereocenters. The summed E-state index contributed by atoms with van der Waals surface area (Å²) in [7, 11) is 1.57. The molecular formula is C29H33N5O4. The summed E-state index contributed by atoms with van der Waals surface area (Å²) in [4.78, 5) is 29.5. The Morgan fingerprint density at radius 1 is 1.05 bits per heavy atom. The fourth-order valence-electron chi connectivity index (χ4n) is 4.21. The minimum absolute atomic E-state index is 0.0680. The van der Waals surface area contributed by atoms with Crippen molar-refractivity contribution in [3.05, 3.63) is 83.9 Å². The zero-order chi connectivity index (χ0) is 27.3. The number of aromatic hydroxyl groups is 1. The first-order valence-corrected chi connectivity index (χ1v) is 12.5. The highest BCUT2D eigenvalue weighted by molar-refractivity contribution is 5.89. The lowest BCUT2D eigenvalue weighted by atomic mass is 9.98. The lowest BCUT2D eigenvalue weighted by Gasteiger charge is -2.35. The highest BCUT2D eigenvalue weighted by Crippen LogP contribution is 2.29. The Bertz CT molecular complexity index is 1410. The highest BCUT2D eigenvalue weighted by atomic mass is 16.5. The highest BCUT2D eigenvalue weighted by Gasteiger charge is 2.34. The Morgan fingerprint density at radius 2 is 1.74 bits per heavy atom. The van der Waals surface area contributed by atoms with Gasteiger partial charge in [0.1, 0.15) is 29.6 Å². The number of carbonyl (C=O) groups is 2. The maximum Gasteiger partial charge on any atom is 0.247 e. The van der Waals surface area contributed by atoms with E-state index in [-0.39, 0.29) is 30.7 Å². The average Bonchev–Trinajstić information content (AvgIpc) is 3.32. The number of rotatable bonds is 10. The van der Waals surface area contributed by atoms with Crippen LogP contribution in [0.5, 0.6) is 11.5 Å². The van der Waals surface area contributed by atoms with Crippen LogP contribution in [0.4, 0.5) is 0 Å². The zero-order valence-electron chi connectivity index (χ0n) is 22.1. The monoisotopic (exact) mass is 515 g/mol. The molecule has 0 aliphatic carbocycles. The van der Waals surface area contributed by atoms with Crippen LogP contribution >= 0.6 is 0 Å². The van der Waals surface area contributed by atoms with Gasteiger partial charge in [-0.15, -0.1) is 5.10 Å². The largest absolute Gasteiger partial charge is 0.508 e. The number of amides is 2. The van der Waals surface area contributed by atoms with Gasteiger partial charge in [0, 0.05) is 11.1 Å². The first-order chi connectivity index (χ1) is 18.2. The smallest absolute Gasteiger partial charge is 0.247 e. The topological polar surface area (TPSA) is 110 Å². The number of ether oxygens (including phenoxy) is 1. The number of nitrogens with one attached hydrogen (secondary N) is 1. The predicted octanol–water partition coefficient (Wildman–Crippen LogP) is 4.22. The summed E-state index contributed by atoms with van der Waals surface area (Å²) in [6, 6.07) is 20.2. The molecule has 0 aliphatic rings. The SMILES string of the molecule is CCC(C)(C)NC(=O)[C@@H](c1ccc(O)cc1)N(Cc1ccccc1OC)C(=O)Cn1nnc2ccccc21. The van der Waals surface area contributed by atoms with E-state index in [9.17, 15) is 14.7 Å².